The number of phenols is 1. The summed E-state index contributed by atoms with van der Waals surface area (Å²) < 4.78 is 0.868. The van der Waals surface area contributed by atoms with Gasteiger partial charge in [-0.25, -0.2) is 5.43 Å². The van der Waals surface area contributed by atoms with E-state index < -0.39 is 16.7 Å². The Morgan fingerprint density at radius 1 is 0.971 bits per heavy atom. The van der Waals surface area contributed by atoms with E-state index in [9.17, 15) is 24.8 Å². The minimum Gasteiger partial charge on any atom is -0.506 e. The fourth-order valence-corrected chi connectivity index (χ4v) is 3.91. The molecule has 3 rings (SSSR count). The summed E-state index contributed by atoms with van der Waals surface area (Å²) in [7, 11) is 0. The largest absolute Gasteiger partial charge is 0.506 e. The van der Waals surface area contributed by atoms with Crippen molar-refractivity contribution in [3.05, 3.63) is 108 Å². The molecule has 0 aliphatic rings. The van der Waals surface area contributed by atoms with E-state index in [2.05, 4.69) is 47.7 Å². The molecule has 172 valence electrons. The minimum atomic E-state index is -0.712. The van der Waals surface area contributed by atoms with Gasteiger partial charge in [0.05, 0.1) is 20.1 Å². The van der Waals surface area contributed by atoms with Gasteiger partial charge >= 0.3 is 0 Å². The predicted octanol–water partition coefficient (Wildman–Crippen LogP) is 4.75. The Morgan fingerprint density at radius 3 is 2.18 bits per heavy atom. The lowest BCUT2D eigenvalue weighted by Crippen LogP contribution is -2.32. The molecule has 0 atom stereocenters. The number of nitrogens with zero attached hydrogens (tertiary/aromatic N) is 2. The molecule has 0 saturated heterocycles. The van der Waals surface area contributed by atoms with Gasteiger partial charge in [-0.1, -0.05) is 18.2 Å². The Balaban J connectivity index is 1.83. The Hall–Kier alpha value is -3.83. The van der Waals surface area contributed by atoms with Gasteiger partial charge in [-0.2, -0.15) is 5.10 Å². The molecule has 11 heteroatoms. The zero-order valence-electron chi connectivity index (χ0n) is 17.2. The fraction of sp³-hybridized carbons (Fsp3) is 0. The summed E-state index contributed by atoms with van der Waals surface area (Å²) in [6, 6.07) is 17.0. The fourth-order valence-electron chi connectivity index (χ4n) is 2.69. The van der Waals surface area contributed by atoms with Crippen molar-refractivity contribution in [2.24, 2.45) is 5.10 Å². The van der Waals surface area contributed by atoms with E-state index in [-0.39, 0.29) is 17.1 Å². The molecule has 0 bridgehead atoms. The number of hydrazone groups is 1. The monoisotopic (exact) mass is 586 g/mol. The van der Waals surface area contributed by atoms with Gasteiger partial charge < -0.3 is 10.4 Å². The highest BCUT2D eigenvalue weighted by Gasteiger charge is 2.15. The van der Waals surface area contributed by atoms with Crippen LogP contribution in [0.1, 0.15) is 21.5 Å². The maximum absolute atomic E-state index is 12.8. The Labute approximate surface area is 210 Å². The number of hydrogen-bond acceptors (Lipinski definition) is 6. The lowest BCUT2D eigenvalue weighted by molar-refractivity contribution is -0.384. The van der Waals surface area contributed by atoms with Crippen molar-refractivity contribution >= 4 is 61.7 Å². The molecule has 0 spiro atoms. The second-order valence-corrected chi connectivity index (χ2v) is 8.47. The van der Waals surface area contributed by atoms with Crippen LogP contribution < -0.4 is 10.7 Å². The second kappa shape index (κ2) is 11.3. The molecule has 3 aromatic carbocycles. The van der Waals surface area contributed by atoms with Crippen molar-refractivity contribution in [3.8, 4) is 5.75 Å². The standard InChI is InChI=1S/C23H16Br2N4O5/c24-18-10-15(11-19(25)21(18)30)13-26-28-23(32)20(27-22(31)16-4-2-1-3-5-16)12-14-6-8-17(9-7-14)29(33)34/h1-13,30H,(H,27,31)(H,28,32)/b20-12?,26-13+. The highest BCUT2D eigenvalue weighted by molar-refractivity contribution is 9.11. The van der Waals surface area contributed by atoms with Crippen LogP contribution in [0.15, 0.2) is 86.5 Å². The van der Waals surface area contributed by atoms with E-state index >= 15 is 0 Å². The van der Waals surface area contributed by atoms with Crippen LogP contribution in [-0.2, 0) is 4.79 Å². The summed E-state index contributed by atoms with van der Waals surface area (Å²) in [5.74, 6) is -1.20. The third-order valence-electron chi connectivity index (χ3n) is 4.36. The molecule has 0 aliphatic carbocycles. The molecule has 34 heavy (non-hydrogen) atoms. The number of aromatic hydroxyl groups is 1. The first-order chi connectivity index (χ1) is 16.2. The number of nitro benzene ring substituents is 1. The summed E-state index contributed by atoms with van der Waals surface area (Å²) in [5, 5.41) is 27.1. The summed E-state index contributed by atoms with van der Waals surface area (Å²) in [4.78, 5) is 35.7. The summed E-state index contributed by atoms with van der Waals surface area (Å²) in [6.45, 7) is 0. The van der Waals surface area contributed by atoms with Crippen molar-refractivity contribution in [2.45, 2.75) is 0 Å². The number of nitro groups is 1. The van der Waals surface area contributed by atoms with E-state index in [1.54, 1.807) is 42.5 Å². The summed E-state index contributed by atoms with van der Waals surface area (Å²) in [5.41, 5.74) is 3.49. The maximum atomic E-state index is 12.8. The molecule has 0 aliphatic heterocycles. The Morgan fingerprint density at radius 2 is 1.59 bits per heavy atom. The van der Waals surface area contributed by atoms with E-state index in [0.717, 1.165) is 0 Å². The number of carbonyl (C=O) groups is 2. The van der Waals surface area contributed by atoms with Crippen LogP contribution in [0.5, 0.6) is 5.75 Å². The van der Waals surface area contributed by atoms with E-state index in [1.807, 2.05) is 0 Å². The van der Waals surface area contributed by atoms with Gasteiger partial charge in [0.1, 0.15) is 11.4 Å². The van der Waals surface area contributed by atoms with Gasteiger partial charge in [0.2, 0.25) is 0 Å². The van der Waals surface area contributed by atoms with E-state index in [1.165, 1.54) is 36.6 Å². The van der Waals surface area contributed by atoms with Crippen molar-refractivity contribution in [3.63, 3.8) is 0 Å². The van der Waals surface area contributed by atoms with Gasteiger partial charge in [0, 0.05) is 17.7 Å². The number of amides is 2. The first kappa shape index (κ1) is 24.8. The molecule has 0 heterocycles. The van der Waals surface area contributed by atoms with Crippen LogP contribution in [0.2, 0.25) is 0 Å². The Bertz CT molecular complexity index is 1270. The number of benzene rings is 3. The van der Waals surface area contributed by atoms with Gasteiger partial charge in [-0.05, 0) is 85.5 Å². The van der Waals surface area contributed by atoms with Gasteiger partial charge in [-0.15, -0.1) is 0 Å². The zero-order chi connectivity index (χ0) is 24.7. The molecule has 9 nitrogen and oxygen atoms in total. The normalized spacial score (nSPS) is 11.3. The highest BCUT2D eigenvalue weighted by Crippen LogP contribution is 2.32. The number of carbonyl (C=O) groups excluding carboxylic acids is 2. The van der Waals surface area contributed by atoms with Crippen LogP contribution in [-0.4, -0.2) is 28.1 Å². The summed E-state index contributed by atoms with van der Waals surface area (Å²) in [6.07, 6.45) is 2.73. The summed E-state index contributed by atoms with van der Waals surface area (Å²) >= 11 is 6.43. The van der Waals surface area contributed by atoms with Crippen LogP contribution in [0.4, 0.5) is 5.69 Å². The smallest absolute Gasteiger partial charge is 0.287 e. The van der Waals surface area contributed by atoms with Crippen LogP contribution in [0.25, 0.3) is 6.08 Å². The van der Waals surface area contributed by atoms with Crippen molar-refractivity contribution in [1.82, 2.24) is 10.7 Å². The molecule has 0 fully saturated rings. The molecular weight excluding hydrogens is 572 g/mol. The first-order valence-electron chi connectivity index (χ1n) is 9.58. The average molecular weight is 588 g/mol. The van der Waals surface area contributed by atoms with Crippen LogP contribution >= 0.6 is 31.9 Å². The topological polar surface area (TPSA) is 134 Å². The van der Waals surface area contributed by atoms with Crippen molar-refractivity contribution in [2.75, 3.05) is 0 Å². The number of non-ortho nitro benzene ring substituents is 1. The quantitative estimate of drug-likeness (QED) is 0.159. The molecular formula is C23H16Br2N4O5. The third-order valence-corrected chi connectivity index (χ3v) is 5.57. The average Bonchev–Trinajstić information content (AvgIpc) is 2.82. The number of nitrogens with one attached hydrogen (secondary N) is 2. The third kappa shape index (κ3) is 6.59. The van der Waals surface area contributed by atoms with E-state index in [0.29, 0.717) is 25.6 Å². The number of hydrogen-bond donors (Lipinski definition) is 3. The van der Waals surface area contributed by atoms with Gasteiger partial charge in [0.25, 0.3) is 17.5 Å². The lowest BCUT2D eigenvalue weighted by atomic mass is 10.1. The molecule has 0 radical (unpaired) electrons. The van der Waals surface area contributed by atoms with Gasteiger partial charge in [0.15, 0.2) is 0 Å². The van der Waals surface area contributed by atoms with E-state index in [4.69, 9.17) is 0 Å². The maximum Gasteiger partial charge on any atom is 0.287 e. The van der Waals surface area contributed by atoms with Gasteiger partial charge in [-0.3, -0.25) is 19.7 Å². The van der Waals surface area contributed by atoms with Crippen LogP contribution in [0, 0.1) is 10.1 Å². The molecule has 0 unspecified atom stereocenters. The van der Waals surface area contributed by atoms with Crippen LogP contribution in [0.3, 0.4) is 0 Å². The minimum absolute atomic E-state index is 0.0260. The number of halogens is 2. The Kier molecular flexibility index (Phi) is 8.28. The molecule has 0 saturated carbocycles. The van der Waals surface area contributed by atoms with Crippen molar-refractivity contribution in [1.29, 1.82) is 0 Å². The number of rotatable bonds is 7. The zero-order valence-corrected chi connectivity index (χ0v) is 20.4. The molecule has 2 amide bonds. The first-order valence-corrected chi connectivity index (χ1v) is 11.2. The highest BCUT2D eigenvalue weighted by atomic mass is 79.9. The predicted molar refractivity (Wildman–Crippen MR) is 134 cm³/mol. The molecule has 3 aromatic rings. The number of phenolic OH excluding ortho intramolecular Hbond substituents is 1. The molecule has 0 aromatic heterocycles. The lowest BCUT2D eigenvalue weighted by Gasteiger charge is -2.09. The SMILES string of the molecule is O=C(N/N=C/c1cc(Br)c(O)c(Br)c1)C(=Cc1ccc([N+](=O)[O-])cc1)NC(=O)c1ccccc1. The second-order valence-electron chi connectivity index (χ2n) is 6.76. The van der Waals surface area contributed by atoms with Crippen molar-refractivity contribution < 1.29 is 19.6 Å². The molecule has 3 N–H and O–H groups in total.